The van der Waals surface area contributed by atoms with Gasteiger partial charge in [0.25, 0.3) is 5.69 Å². The number of nitrogens with one attached hydrogen (secondary N) is 1. The first-order chi connectivity index (χ1) is 14.3. The van der Waals surface area contributed by atoms with Crippen molar-refractivity contribution in [3.63, 3.8) is 0 Å². The van der Waals surface area contributed by atoms with E-state index in [1.54, 1.807) is 6.07 Å². The van der Waals surface area contributed by atoms with Crippen molar-refractivity contribution in [2.24, 2.45) is 0 Å². The van der Waals surface area contributed by atoms with Gasteiger partial charge >= 0.3 is 6.09 Å². The molecule has 0 radical (unpaired) electrons. The van der Waals surface area contributed by atoms with E-state index in [9.17, 15) is 28.5 Å². The minimum atomic E-state index is -2.82. The highest BCUT2D eigenvalue weighted by Gasteiger charge is 2.41. The number of carbonyl (C=O) groups excluding carboxylic acids is 2. The highest BCUT2D eigenvalue weighted by Crippen LogP contribution is 2.24. The number of carbonyl (C=O) groups is 2. The van der Waals surface area contributed by atoms with E-state index in [0.717, 1.165) is 4.90 Å². The van der Waals surface area contributed by atoms with Crippen molar-refractivity contribution < 1.29 is 36.6 Å². The van der Waals surface area contributed by atoms with Crippen LogP contribution in [0.5, 0.6) is 0 Å². The number of hydrogen-bond acceptors (Lipinski definition) is 9. The highest BCUT2D eigenvalue weighted by atomic mass is 32.2. The number of furan rings is 1. The Kier molecular flexibility index (Phi) is 6.76. The molecule has 0 saturated carbocycles. The summed E-state index contributed by atoms with van der Waals surface area (Å²) < 4.78 is 36.6. The van der Waals surface area contributed by atoms with E-state index in [-0.39, 0.29) is 31.1 Å². The van der Waals surface area contributed by atoms with E-state index in [2.05, 4.69) is 5.32 Å². The highest BCUT2D eigenvalue weighted by molar-refractivity contribution is 7.74. The Morgan fingerprint density at radius 1 is 1.30 bits per heavy atom. The Morgan fingerprint density at radius 2 is 2.03 bits per heavy atom. The smallest absolute Gasteiger partial charge is 0.410 e. The van der Waals surface area contributed by atoms with Gasteiger partial charge in [-0.25, -0.2) is 9.00 Å². The summed E-state index contributed by atoms with van der Waals surface area (Å²) in [5.74, 6) is -0.434. The molecule has 0 bridgehead atoms. The summed E-state index contributed by atoms with van der Waals surface area (Å²) in [5, 5.41) is 13.2. The zero-order chi connectivity index (χ0) is 21.7. The second-order valence-corrected chi connectivity index (χ2v) is 6.87. The molecule has 3 rings (SSSR count). The summed E-state index contributed by atoms with van der Waals surface area (Å²) in [6.45, 7) is -0.373. The number of likely N-dealkylation sites (tertiary alicyclic amines) is 1. The normalized spacial score (nSPS) is 19.3. The number of nitro benzene ring substituents is 1. The van der Waals surface area contributed by atoms with Gasteiger partial charge in [0.1, 0.15) is 12.6 Å². The first-order valence-electron chi connectivity index (χ1n) is 8.61. The van der Waals surface area contributed by atoms with Crippen molar-refractivity contribution in [1.29, 1.82) is 0 Å². The molecule has 1 unspecified atom stereocenters. The third-order valence-corrected chi connectivity index (χ3v) is 4.72. The molecule has 30 heavy (non-hydrogen) atoms. The van der Waals surface area contributed by atoms with Crippen LogP contribution >= 0.6 is 0 Å². The molecule has 0 aliphatic carbocycles. The van der Waals surface area contributed by atoms with Gasteiger partial charge in [0.2, 0.25) is 5.91 Å². The van der Waals surface area contributed by atoms with Gasteiger partial charge in [-0.15, -0.1) is 0 Å². The molecular formula is C17H16N3O9S-. The number of ether oxygens (including phenoxy) is 1. The summed E-state index contributed by atoms with van der Waals surface area (Å²) >= 11 is -2.82. The zero-order valence-electron chi connectivity index (χ0n) is 15.3. The molecule has 1 N–H and O–H groups in total. The van der Waals surface area contributed by atoms with Crippen LogP contribution in [-0.4, -0.2) is 49.3 Å². The van der Waals surface area contributed by atoms with E-state index >= 15 is 0 Å². The number of non-ortho nitro benzene ring substituents is 1. The minimum Gasteiger partial charge on any atom is -0.750 e. The molecule has 13 heteroatoms. The van der Waals surface area contributed by atoms with Crippen molar-refractivity contribution in [1.82, 2.24) is 4.90 Å². The van der Waals surface area contributed by atoms with E-state index in [1.165, 1.54) is 36.6 Å². The predicted molar refractivity (Wildman–Crippen MR) is 99.5 cm³/mol. The fourth-order valence-corrected chi connectivity index (χ4v) is 3.29. The number of hydrogen-bond donors (Lipinski definition) is 1. The van der Waals surface area contributed by atoms with Crippen LogP contribution in [0.3, 0.4) is 0 Å². The number of benzene rings is 1. The second kappa shape index (κ2) is 9.47. The van der Waals surface area contributed by atoms with Gasteiger partial charge in [-0.05, 0) is 23.8 Å². The molecule has 12 nitrogen and oxygen atoms in total. The Hall–Kier alpha value is -3.29. The maximum atomic E-state index is 12.5. The average Bonchev–Trinajstić information content (AvgIpc) is 3.36. The summed E-state index contributed by atoms with van der Waals surface area (Å²) in [6.07, 6.45) is -0.488. The number of nitro groups is 1. The lowest BCUT2D eigenvalue weighted by Crippen LogP contribution is -2.43. The summed E-state index contributed by atoms with van der Waals surface area (Å²) in [5.41, 5.74) is 0.392. The molecule has 0 spiro atoms. The molecule has 1 aromatic heterocycles. The van der Waals surface area contributed by atoms with E-state index in [0.29, 0.717) is 5.56 Å². The van der Waals surface area contributed by atoms with Crippen LogP contribution in [0, 0.1) is 10.1 Å². The van der Waals surface area contributed by atoms with Crippen LogP contribution in [0.15, 0.2) is 47.1 Å². The largest absolute Gasteiger partial charge is 0.750 e. The maximum absolute atomic E-state index is 12.5. The quantitative estimate of drug-likeness (QED) is 0.385. The number of amides is 2. The summed E-state index contributed by atoms with van der Waals surface area (Å²) in [7, 11) is 0. The molecule has 160 valence electrons. The van der Waals surface area contributed by atoms with E-state index < -0.39 is 40.4 Å². The van der Waals surface area contributed by atoms with Crippen LogP contribution in [0.2, 0.25) is 0 Å². The van der Waals surface area contributed by atoms with Gasteiger partial charge < -0.3 is 13.7 Å². The predicted octanol–water partition coefficient (Wildman–Crippen LogP) is 1.72. The Balaban J connectivity index is 1.65. The molecule has 2 amide bonds. The minimum absolute atomic E-state index is 0.0623. The van der Waals surface area contributed by atoms with Crippen molar-refractivity contribution >= 4 is 34.9 Å². The lowest BCUT2D eigenvalue weighted by atomic mass is 10.2. The molecule has 2 aromatic rings. The standard InChI is InChI=1S/C17H17N3O9S/c21-16(18-15-2-1-7-27-15)14-8-13(29-30(25)26)9-19(14)17(22)28-10-11-3-5-12(6-4-11)20(23)24/h1-7,13-14H,8-10H2,(H,18,21)(H,25,26)/p-1/t13-,14+/m1/s1. The average molecular weight is 438 g/mol. The van der Waals surface area contributed by atoms with Gasteiger partial charge in [0.05, 0.1) is 35.2 Å². The third-order valence-electron chi connectivity index (χ3n) is 4.29. The van der Waals surface area contributed by atoms with Gasteiger partial charge in [-0.3, -0.25) is 29.3 Å². The third kappa shape index (κ3) is 5.40. The number of anilines is 1. The fraction of sp³-hybridized carbons (Fsp3) is 0.294. The molecule has 1 aromatic carbocycles. The molecular weight excluding hydrogens is 422 g/mol. The molecule has 2 heterocycles. The first-order valence-corrected chi connectivity index (χ1v) is 9.61. The van der Waals surface area contributed by atoms with Crippen molar-refractivity contribution in [3.05, 3.63) is 58.3 Å². The van der Waals surface area contributed by atoms with Crippen LogP contribution in [0.4, 0.5) is 16.4 Å². The van der Waals surface area contributed by atoms with E-state index in [4.69, 9.17) is 13.3 Å². The van der Waals surface area contributed by atoms with Crippen molar-refractivity contribution in [2.75, 3.05) is 11.9 Å². The fourth-order valence-electron chi connectivity index (χ4n) is 2.92. The topological polar surface area (TPSA) is 164 Å². The SMILES string of the molecule is O=C(Nc1ccco1)[C@@H]1C[C@@H](OS(=O)[O-])CN1C(=O)OCc1ccc([N+](=O)[O-])cc1. The monoisotopic (exact) mass is 438 g/mol. The Morgan fingerprint density at radius 3 is 2.63 bits per heavy atom. The number of rotatable bonds is 7. The zero-order valence-corrected chi connectivity index (χ0v) is 16.1. The summed E-state index contributed by atoms with van der Waals surface area (Å²) in [4.78, 5) is 36.3. The molecule has 3 atom stereocenters. The Bertz CT molecular complexity index is 932. The van der Waals surface area contributed by atoms with Gasteiger partial charge in [0.15, 0.2) is 5.88 Å². The first kappa shape index (κ1) is 21.4. The maximum Gasteiger partial charge on any atom is 0.410 e. The van der Waals surface area contributed by atoms with Crippen molar-refractivity contribution in [3.8, 4) is 0 Å². The lowest BCUT2D eigenvalue weighted by molar-refractivity contribution is -0.384. The van der Waals surface area contributed by atoms with Gasteiger partial charge in [0, 0.05) is 24.6 Å². The van der Waals surface area contributed by atoms with Crippen LogP contribution in [0.1, 0.15) is 12.0 Å². The summed E-state index contributed by atoms with van der Waals surface area (Å²) in [6, 6.07) is 7.43. The van der Waals surface area contributed by atoms with Gasteiger partial charge in [-0.2, -0.15) is 0 Å². The molecule has 1 aliphatic rings. The molecule has 1 aliphatic heterocycles. The second-order valence-electron chi connectivity index (χ2n) is 6.27. The van der Waals surface area contributed by atoms with Crippen LogP contribution in [-0.2, 0) is 31.7 Å². The molecule has 1 fully saturated rings. The molecule has 1 saturated heterocycles. The Labute approximate surface area is 172 Å². The van der Waals surface area contributed by atoms with Crippen LogP contribution in [0.25, 0.3) is 0 Å². The lowest BCUT2D eigenvalue weighted by Gasteiger charge is -2.22. The van der Waals surface area contributed by atoms with Crippen LogP contribution < -0.4 is 5.32 Å². The number of nitrogens with zero attached hydrogens (tertiary/aromatic N) is 2. The van der Waals surface area contributed by atoms with Gasteiger partial charge in [-0.1, -0.05) is 0 Å². The van der Waals surface area contributed by atoms with E-state index in [1.807, 2.05) is 0 Å². The van der Waals surface area contributed by atoms with Crippen molar-refractivity contribution in [2.45, 2.75) is 25.2 Å².